The minimum absolute atomic E-state index is 0.00113. The maximum Gasteiger partial charge on any atom is 0.253 e. The predicted molar refractivity (Wildman–Crippen MR) is 116 cm³/mol. The molecule has 7 heteroatoms. The molecule has 3 aromatic rings. The second kappa shape index (κ2) is 8.85. The van der Waals surface area contributed by atoms with Crippen LogP contribution in [0.3, 0.4) is 0 Å². The van der Waals surface area contributed by atoms with Gasteiger partial charge in [-0.25, -0.2) is 4.98 Å². The van der Waals surface area contributed by atoms with Crippen molar-refractivity contribution in [2.24, 2.45) is 7.05 Å². The first-order valence-corrected chi connectivity index (χ1v) is 9.90. The van der Waals surface area contributed by atoms with Crippen molar-refractivity contribution in [3.05, 3.63) is 58.4 Å². The van der Waals surface area contributed by atoms with Crippen LogP contribution in [0.2, 0.25) is 0 Å². The molecule has 160 valence electrons. The van der Waals surface area contributed by atoms with Crippen molar-refractivity contribution < 1.29 is 19.7 Å². The van der Waals surface area contributed by atoms with Gasteiger partial charge in [0, 0.05) is 39.4 Å². The molecule has 1 aromatic heterocycles. The highest BCUT2D eigenvalue weighted by atomic mass is 16.5. The number of hydrogen-bond donors (Lipinski definition) is 2. The number of nitrogens with zero attached hydrogens (tertiary/aromatic N) is 3. The molecule has 2 aromatic carbocycles. The molecule has 3 rings (SSSR count). The Kier molecular flexibility index (Phi) is 6.43. The smallest absolute Gasteiger partial charge is 0.253 e. The molecule has 2 N–H and O–H groups in total. The molecule has 30 heavy (non-hydrogen) atoms. The lowest BCUT2D eigenvalue weighted by atomic mass is 9.94. The molecule has 1 atom stereocenters. The third kappa shape index (κ3) is 4.04. The van der Waals surface area contributed by atoms with Gasteiger partial charge in [0.2, 0.25) is 0 Å². The van der Waals surface area contributed by atoms with Gasteiger partial charge in [-0.1, -0.05) is 24.3 Å². The maximum absolute atomic E-state index is 12.8. The van der Waals surface area contributed by atoms with Crippen LogP contribution in [-0.2, 0) is 24.8 Å². The first-order chi connectivity index (χ1) is 14.3. The lowest BCUT2D eigenvalue weighted by molar-refractivity contribution is 0.0825. The Morgan fingerprint density at radius 3 is 2.67 bits per heavy atom. The van der Waals surface area contributed by atoms with Crippen LogP contribution in [0.15, 0.2) is 30.3 Å². The molecule has 1 unspecified atom stereocenters. The fraction of sp³-hybridized carbons (Fsp3) is 0.391. The van der Waals surface area contributed by atoms with Gasteiger partial charge in [0.15, 0.2) is 0 Å². The molecular weight excluding hydrogens is 382 g/mol. The number of aryl methyl sites for hydroxylation is 2. The van der Waals surface area contributed by atoms with Crippen molar-refractivity contribution in [1.82, 2.24) is 14.5 Å². The number of amides is 1. The van der Waals surface area contributed by atoms with Crippen LogP contribution in [-0.4, -0.2) is 51.8 Å². The number of hydrogen-bond acceptors (Lipinski definition) is 5. The largest absolute Gasteiger partial charge is 0.505 e. The summed E-state index contributed by atoms with van der Waals surface area (Å²) in [6.45, 7) is 2.26. The first kappa shape index (κ1) is 21.8. The van der Waals surface area contributed by atoms with E-state index in [0.29, 0.717) is 41.6 Å². The van der Waals surface area contributed by atoms with E-state index < -0.39 is 6.10 Å². The average molecular weight is 412 g/mol. The van der Waals surface area contributed by atoms with E-state index in [1.807, 2.05) is 42.8 Å². The number of phenolic OH excluding ortho intramolecular Hbond substituents is 1. The Bertz CT molecular complexity index is 1070. The molecule has 0 radical (unpaired) electrons. The summed E-state index contributed by atoms with van der Waals surface area (Å²) in [7, 11) is 6.82. The molecule has 0 aliphatic carbocycles. The fourth-order valence-corrected chi connectivity index (χ4v) is 3.73. The molecule has 0 saturated heterocycles. The summed E-state index contributed by atoms with van der Waals surface area (Å²) in [6, 6.07) is 9.35. The molecule has 1 amide bonds. The summed E-state index contributed by atoms with van der Waals surface area (Å²) in [5.74, 6) is 0.545. The fourth-order valence-electron chi connectivity index (χ4n) is 3.73. The zero-order valence-electron chi connectivity index (χ0n) is 18.1. The summed E-state index contributed by atoms with van der Waals surface area (Å²) in [4.78, 5) is 18.8. The van der Waals surface area contributed by atoms with Gasteiger partial charge in [0.05, 0.1) is 18.2 Å². The van der Waals surface area contributed by atoms with Crippen molar-refractivity contribution in [3.63, 3.8) is 0 Å². The highest BCUT2D eigenvalue weighted by molar-refractivity contribution is 6.01. The van der Waals surface area contributed by atoms with Gasteiger partial charge in [-0.3, -0.25) is 4.79 Å². The third-order valence-corrected chi connectivity index (χ3v) is 5.50. The van der Waals surface area contributed by atoms with Gasteiger partial charge in [0.25, 0.3) is 5.91 Å². The topological polar surface area (TPSA) is 87.8 Å². The number of ether oxygens (including phenoxy) is 1. The van der Waals surface area contributed by atoms with E-state index in [1.54, 1.807) is 27.3 Å². The van der Waals surface area contributed by atoms with Crippen molar-refractivity contribution in [3.8, 4) is 5.75 Å². The van der Waals surface area contributed by atoms with Crippen molar-refractivity contribution in [2.45, 2.75) is 32.5 Å². The monoisotopic (exact) mass is 411 g/mol. The van der Waals surface area contributed by atoms with E-state index in [9.17, 15) is 15.0 Å². The first-order valence-electron chi connectivity index (χ1n) is 9.90. The minimum atomic E-state index is -0.751. The number of rotatable bonds is 7. The number of imidazole rings is 1. The van der Waals surface area contributed by atoms with Crippen LogP contribution >= 0.6 is 0 Å². The lowest BCUT2D eigenvalue weighted by Crippen LogP contribution is -2.23. The van der Waals surface area contributed by atoms with Gasteiger partial charge in [-0.2, -0.15) is 0 Å². The number of aromatic hydroxyl groups is 1. The Labute approximate surface area is 176 Å². The molecule has 0 aliphatic heterocycles. The summed E-state index contributed by atoms with van der Waals surface area (Å²) in [6.07, 6.45) is -0.0760. The van der Waals surface area contributed by atoms with Gasteiger partial charge in [0.1, 0.15) is 17.1 Å². The van der Waals surface area contributed by atoms with Crippen molar-refractivity contribution in [2.75, 3.05) is 21.2 Å². The standard InChI is InChI=1S/C23H29N3O4/c1-14-24-21-19(26(14)4)12-18(23(29)25(2)3)17(22(21)28)10-11-20(27)16-9-7-6-8-15(16)13-30-5/h6-9,12,20,27-28H,10-11,13H2,1-5H3. The normalized spacial score (nSPS) is 12.3. The summed E-state index contributed by atoms with van der Waals surface area (Å²) in [5, 5.41) is 21.8. The second-order valence-electron chi connectivity index (χ2n) is 7.72. The number of fused-ring (bicyclic) bond motifs is 1. The highest BCUT2D eigenvalue weighted by Gasteiger charge is 2.23. The summed E-state index contributed by atoms with van der Waals surface area (Å²) >= 11 is 0. The van der Waals surface area contributed by atoms with E-state index in [0.717, 1.165) is 17.0 Å². The third-order valence-electron chi connectivity index (χ3n) is 5.50. The Balaban J connectivity index is 2.00. The SMILES string of the molecule is COCc1ccccc1C(O)CCc1c(C(=O)N(C)C)cc2c(nc(C)n2C)c1O. The molecular formula is C23H29N3O4. The van der Waals surface area contributed by atoms with Crippen LogP contribution in [0.4, 0.5) is 0 Å². The van der Waals surface area contributed by atoms with E-state index in [1.165, 1.54) is 4.90 Å². The number of carbonyl (C=O) groups excluding carboxylic acids is 1. The van der Waals surface area contributed by atoms with Crippen LogP contribution in [0.25, 0.3) is 11.0 Å². The number of benzene rings is 2. The molecule has 0 bridgehead atoms. The number of carbonyl (C=O) groups is 1. The lowest BCUT2D eigenvalue weighted by Gasteiger charge is -2.19. The van der Waals surface area contributed by atoms with E-state index >= 15 is 0 Å². The zero-order chi connectivity index (χ0) is 22.0. The quantitative estimate of drug-likeness (QED) is 0.624. The number of phenols is 1. The number of aliphatic hydroxyl groups excluding tert-OH is 1. The summed E-state index contributed by atoms with van der Waals surface area (Å²) < 4.78 is 7.08. The molecule has 0 aliphatic rings. The van der Waals surface area contributed by atoms with Crippen LogP contribution in [0.5, 0.6) is 5.75 Å². The Hall–Kier alpha value is -2.90. The number of methoxy groups -OCH3 is 1. The number of aromatic nitrogens is 2. The second-order valence-corrected chi connectivity index (χ2v) is 7.72. The van der Waals surface area contributed by atoms with Crippen LogP contribution in [0, 0.1) is 6.92 Å². The zero-order valence-corrected chi connectivity index (χ0v) is 18.1. The van der Waals surface area contributed by atoms with Gasteiger partial charge < -0.3 is 24.4 Å². The van der Waals surface area contributed by atoms with E-state index in [4.69, 9.17) is 4.74 Å². The van der Waals surface area contributed by atoms with Gasteiger partial charge >= 0.3 is 0 Å². The van der Waals surface area contributed by atoms with Crippen molar-refractivity contribution in [1.29, 1.82) is 0 Å². The Morgan fingerprint density at radius 2 is 2.00 bits per heavy atom. The van der Waals surface area contributed by atoms with Crippen LogP contribution in [0.1, 0.15) is 45.4 Å². The van der Waals surface area contributed by atoms with Crippen LogP contribution < -0.4 is 0 Å². The maximum atomic E-state index is 12.8. The van der Waals surface area contributed by atoms with E-state index in [-0.39, 0.29) is 11.7 Å². The highest BCUT2D eigenvalue weighted by Crippen LogP contribution is 2.34. The molecule has 1 heterocycles. The van der Waals surface area contributed by atoms with Crippen molar-refractivity contribution >= 4 is 16.9 Å². The minimum Gasteiger partial charge on any atom is -0.505 e. The Morgan fingerprint density at radius 1 is 1.30 bits per heavy atom. The van der Waals surface area contributed by atoms with E-state index in [2.05, 4.69) is 4.98 Å². The molecule has 0 spiro atoms. The molecule has 0 fully saturated rings. The van der Waals surface area contributed by atoms with Gasteiger partial charge in [-0.15, -0.1) is 0 Å². The number of aliphatic hydroxyl groups is 1. The molecule has 0 saturated carbocycles. The molecule has 7 nitrogen and oxygen atoms in total. The predicted octanol–water partition coefficient (Wildman–Crippen LogP) is 3.10. The van der Waals surface area contributed by atoms with Gasteiger partial charge in [-0.05, 0) is 37.0 Å². The average Bonchev–Trinajstić information content (AvgIpc) is 3.01. The summed E-state index contributed by atoms with van der Waals surface area (Å²) in [5.41, 5.74) is 3.79.